The number of hydrogen-bond acceptors (Lipinski definition) is 5. The molecule has 1 saturated carbocycles. The number of nitrogens with one attached hydrogen (secondary N) is 2. The second kappa shape index (κ2) is 9.13. The van der Waals surface area contributed by atoms with Gasteiger partial charge in [-0.3, -0.25) is 9.71 Å². The molecule has 2 N–H and O–H groups in total. The van der Waals surface area contributed by atoms with E-state index in [9.17, 15) is 12.8 Å². The zero-order valence-electron chi connectivity index (χ0n) is 18.4. The van der Waals surface area contributed by atoms with Crippen LogP contribution in [0.15, 0.2) is 63.6 Å². The van der Waals surface area contributed by atoms with Crippen molar-refractivity contribution in [3.63, 3.8) is 0 Å². The number of nitrogens with zero attached hydrogens (tertiary/aromatic N) is 1. The van der Waals surface area contributed by atoms with E-state index < -0.39 is 10.0 Å². The van der Waals surface area contributed by atoms with E-state index in [1.807, 2.05) is 13.1 Å². The van der Waals surface area contributed by atoms with Gasteiger partial charge in [0.05, 0.1) is 11.4 Å². The molecule has 9 heteroatoms. The summed E-state index contributed by atoms with van der Waals surface area (Å²) in [5.41, 5.74) is 4.25. The molecule has 6 nitrogen and oxygen atoms in total. The number of aromatic nitrogens is 1. The van der Waals surface area contributed by atoms with E-state index in [0.29, 0.717) is 35.2 Å². The van der Waals surface area contributed by atoms with Crippen LogP contribution >= 0.6 is 15.9 Å². The molecular formula is C25H23BrFN3O3S. The van der Waals surface area contributed by atoms with Crippen molar-refractivity contribution < 1.29 is 17.2 Å². The Morgan fingerprint density at radius 2 is 1.91 bits per heavy atom. The van der Waals surface area contributed by atoms with Gasteiger partial charge in [-0.15, -0.1) is 0 Å². The SMILES string of the molecule is CNCc1c(-c2ccc(F)cc2)oc2cc(NS(=O)(=O)Cc3ccc(Br)cn3)c(C3CC3)cc12. The first-order chi connectivity index (χ1) is 16.3. The fourth-order valence-corrected chi connectivity index (χ4v) is 5.49. The van der Waals surface area contributed by atoms with E-state index in [4.69, 9.17) is 4.42 Å². The highest BCUT2D eigenvalue weighted by Crippen LogP contribution is 2.47. The number of anilines is 1. The van der Waals surface area contributed by atoms with Crippen molar-refractivity contribution in [2.45, 2.75) is 31.1 Å². The van der Waals surface area contributed by atoms with Gasteiger partial charge in [-0.1, -0.05) is 0 Å². The zero-order valence-corrected chi connectivity index (χ0v) is 20.8. The minimum Gasteiger partial charge on any atom is -0.456 e. The molecule has 0 aliphatic heterocycles. The number of sulfonamides is 1. The van der Waals surface area contributed by atoms with Gasteiger partial charge in [-0.2, -0.15) is 0 Å². The van der Waals surface area contributed by atoms with Gasteiger partial charge in [0.15, 0.2) is 0 Å². The molecule has 1 aliphatic rings. The van der Waals surface area contributed by atoms with Crippen LogP contribution in [0.3, 0.4) is 0 Å². The molecule has 0 saturated heterocycles. The van der Waals surface area contributed by atoms with Gasteiger partial charge in [0.25, 0.3) is 0 Å². The van der Waals surface area contributed by atoms with Crippen molar-refractivity contribution in [2.24, 2.45) is 0 Å². The highest BCUT2D eigenvalue weighted by atomic mass is 79.9. The van der Waals surface area contributed by atoms with Gasteiger partial charge in [-0.05, 0) is 89.8 Å². The molecule has 4 aromatic rings. The number of fused-ring (bicyclic) bond motifs is 1. The maximum Gasteiger partial charge on any atom is 0.238 e. The summed E-state index contributed by atoms with van der Waals surface area (Å²) in [5.74, 6) is 0.402. The Labute approximate surface area is 205 Å². The molecule has 0 unspecified atom stereocenters. The fourth-order valence-electron chi connectivity index (χ4n) is 4.11. The first kappa shape index (κ1) is 23.0. The summed E-state index contributed by atoms with van der Waals surface area (Å²) in [7, 11) is -1.84. The smallest absolute Gasteiger partial charge is 0.238 e. The highest BCUT2D eigenvalue weighted by molar-refractivity contribution is 9.10. The Bertz CT molecular complexity index is 1450. The van der Waals surface area contributed by atoms with Crippen LogP contribution in [0.4, 0.5) is 10.1 Å². The van der Waals surface area contributed by atoms with Gasteiger partial charge in [0.2, 0.25) is 10.0 Å². The van der Waals surface area contributed by atoms with Crippen LogP contribution in [0.5, 0.6) is 0 Å². The number of hydrogen-bond donors (Lipinski definition) is 2. The van der Waals surface area contributed by atoms with Crippen LogP contribution < -0.4 is 10.0 Å². The number of furan rings is 1. The highest BCUT2D eigenvalue weighted by Gasteiger charge is 2.29. The lowest BCUT2D eigenvalue weighted by molar-refractivity contribution is 0.599. The average Bonchev–Trinajstić information content (AvgIpc) is 3.58. The van der Waals surface area contributed by atoms with Gasteiger partial charge in [0, 0.05) is 39.8 Å². The minimum absolute atomic E-state index is 0.230. The third-order valence-electron chi connectivity index (χ3n) is 5.83. The summed E-state index contributed by atoms with van der Waals surface area (Å²) in [6, 6.07) is 13.4. The number of pyridine rings is 1. The molecule has 0 atom stereocenters. The lowest BCUT2D eigenvalue weighted by Crippen LogP contribution is -2.16. The molecule has 2 heterocycles. The summed E-state index contributed by atoms with van der Waals surface area (Å²) < 4.78 is 49.2. The second-order valence-electron chi connectivity index (χ2n) is 8.49. The van der Waals surface area contributed by atoms with Crippen molar-refractivity contribution in [1.29, 1.82) is 0 Å². The maximum atomic E-state index is 13.5. The van der Waals surface area contributed by atoms with Gasteiger partial charge in [0.1, 0.15) is 22.9 Å². The minimum atomic E-state index is -3.69. The van der Waals surface area contributed by atoms with E-state index in [0.717, 1.165) is 39.4 Å². The Kier molecular flexibility index (Phi) is 6.18. The Morgan fingerprint density at radius 3 is 2.56 bits per heavy atom. The van der Waals surface area contributed by atoms with Gasteiger partial charge in [-0.25, -0.2) is 12.8 Å². The van der Waals surface area contributed by atoms with Crippen molar-refractivity contribution in [3.8, 4) is 11.3 Å². The summed E-state index contributed by atoms with van der Waals surface area (Å²) in [5, 5.41) is 4.10. The summed E-state index contributed by atoms with van der Waals surface area (Å²) in [6.07, 6.45) is 3.60. The predicted molar refractivity (Wildman–Crippen MR) is 135 cm³/mol. The fraction of sp³-hybridized carbons (Fsp3) is 0.240. The largest absolute Gasteiger partial charge is 0.456 e. The number of rotatable bonds is 8. The van der Waals surface area contributed by atoms with Crippen LogP contribution in [-0.4, -0.2) is 20.4 Å². The molecule has 176 valence electrons. The van der Waals surface area contributed by atoms with E-state index in [1.54, 1.807) is 36.5 Å². The van der Waals surface area contributed by atoms with E-state index in [-0.39, 0.29) is 11.6 Å². The first-order valence-corrected chi connectivity index (χ1v) is 13.4. The van der Waals surface area contributed by atoms with Crippen molar-refractivity contribution in [2.75, 3.05) is 11.8 Å². The Morgan fingerprint density at radius 1 is 1.15 bits per heavy atom. The second-order valence-corrected chi connectivity index (χ2v) is 11.1. The number of benzene rings is 2. The predicted octanol–water partition coefficient (Wildman–Crippen LogP) is 5.94. The summed E-state index contributed by atoms with van der Waals surface area (Å²) in [6.45, 7) is 0.560. The molecule has 0 spiro atoms. The first-order valence-electron chi connectivity index (χ1n) is 10.9. The van der Waals surface area contributed by atoms with Crippen LogP contribution in [-0.2, 0) is 22.3 Å². The standard InChI is InChI=1S/C25H23BrFN3O3S/c1-28-13-22-21-10-20(15-2-3-15)23(30-34(31,32)14-19-9-6-17(26)12-29-19)11-24(21)33-25(22)16-4-7-18(27)8-5-16/h4-12,15,28,30H,2-3,13-14H2,1H3. The quantitative estimate of drug-likeness (QED) is 0.287. The van der Waals surface area contributed by atoms with Crippen molar-refractivity contribution in [1.82, 2.24) is 10.3 Å². The normalized spacial score (nSPS) is 14.0. The van der Waals surface area contributed by atoms with Gasteiger partial charge < -0.3 is 9.73 Å². The van der Waals surface area contributed by atoms with Gasteiger partial charge >= 0.3 is 0 Å². The Balaban J connectivity index is 1.56. The van der Waals surface area contributed by atoms with Crippen LogP contribution in [0, 0.1) is 5.82 Å². The average molecular weight is 544 g/mol. The summed E-state index contributed by atoms with van der Waals surface area (Å²) >= 11 is 3.31. The summed E-state index contributed by atoms with van der Waals surface area (Å²) in [4.78, 5) is 4.18. The van der Waals surface area contributed by atoms with E-state index in [2.05, 4.69) is 31.0 Å². The molecular weight excluding hydrogens is 521 g/mol. The van der Waals surface area contributed by atoms with Crippen LogP contribution in [0.1, 0.15) is 35.6 Å². The third-order valence-corrected chi connectivity index (χ3v) is 7.51. The van der Waals surface area contributed by atoms with E-state index in [1.165, 1.54) is 12.1 Å². The zero-order chi connectivity index (χ0) is 23.9. The van der Waals surface area contributed by atoms with Crippen molar-refractivity contribution >= 4 is 42.6 Å². The molecule has 0 radical (unpaired) electrons. The lowest BCUT2D eigenvalue weighted by Gasteiger charge is -2.13. The lowest BCUT2D eigenvalue weighted by atomic mass is 10.0. The van der Waals surface area contributed by atoms with Crippen LogP contribution in [0.25, 0.3) is 22.3 Å². The molecule has 34 heavy (non-hydrogen) atoms. The monoisotopic (exact) mass is 543 g/mol. The topological polar surface area (TPSA) is 84.2 Å². The molecule has 2 aromatic heterocycles. The van der Waals surface area contributed by atoms with Crippen LogP contribution in [0.2, 0.25) is 0 Å². The molecule has 1 fully saturated rings. The molecule has 0 bridgehead atoms. The molecule has 1 aliphatic carbocycles. The van der Waals surface area contributed by atoms with E-state index >= 15 is 0 Å². The molecule has 5 rings (SSSR count). The molecule has 0 amide bonds. The van der Waals surface area contributed by atoms with Crippen molar-refractivity contribution in [3.05, 3.63) is 81.8 Å². The maximum absolute atomic E-state index is 13.5. The number of halogens is 2. The third kappa shape index (κ3) is 4.87. The Hall–Kier alpha value is -2.75. The molecule has 2 aromatic carbocycles.